The number of nitrogens with one attached hydrogen (secondary N) is 1. The summed E-state index contributed by atoms with van der Waals surface area (Å²) in [5.74, 6) is 1.18. The molecule has 1 aliphatic heterocycles. The van der Waals surface area contributed by atoms with E-state index in [1.807, 2.05) is 25.1 Å². The lowest BCUT2D eigenvalue weighted by Gasteiger charge is -2.18. The molecular weight excluding hydrogens is 312 g/mol. The van der Waals surface area contributed by atoms with Crippen LogP contribution >= 0.6 is 0 Å². The lowest BCUT2D eigenvalue weighted by molar-refractivity contribution is 0.0708. The van der Waals surface area contributed by atoms with Crippen LogP contribution in [0.15, 0.2) is 42.5 Å². The molecule has 1 unspecified atom stereocenters. The number of imidazole rings is 1. The van der Waals surface area contributed by atoms with Gasteiger partial charge in [0.25, 0.3) is 0 Å². The minimum Gasteiger partial charge on any atom is -0.493 e. The monoisotopic (exact) mass is 329 g/mol. The fourth-order valence-corrected chi connectivity index (χ4v) is 3.23. The number of aromatic nitrogens is 2. The number of ether oxygens (including phenoxy) is 1. The van der Waals surface area contributed by atoms with E-state index in [2.05, 4.69) is 10.3 Å². The predicted octanol–water partition coefficient (Wildman–Crippen LogP) is 4.54. The highest BCUT2D eigenvalue weighted by Gasteiger charge is 2.23. The lowest BCUT2D eigenvalue weighted by atomic mass is 10.1. The minimum absolute atomic E-state index is 0.322. The summed E-state index contributed by atoms with van der Waals surface area (Å²) in [4.78, 5) is 4.41. The summed E-state index contributed by atoms with van der Waals surface area (Å²) in [6.45, 7) is -0.144. The fraction of sp³-hybridized carbons (Fsp3) is 0.278. The third kappa shape index (κ3) is 2.38. The predicted molar refractivity (Wildman–Crippen MR) is 88.7 cm³/mol. The van der Waals surface area contributed by atoms with Gasteiger partial charge in [-0.15, -0.1) is 0 Å². The van der Waals surface area contributed by atoms with Crippen LogP contribution in [0.4, 0.5) is 14.5 Å². The van der Waals surface area contributed by atoms with Gasteiger partial charge in [-0.05, 0) is 31.2 Å². The molecule has 2 heterocycles. The second-order valence-electron chi connectivity index (χ2n) is 5.85. The molecule has 0 radical (unpaired) electrons. The number of hydrogen-bond donors (Lipinski definition) is 1. The molecule has 1 aliphatic rings. The van der Waals surface area contributed by atoms with Crippen LogP contribution in [0.5, 0.6) is 5.75 Å². The van der Waals surface area contributed by atoms with Crippen molar-refractivity contribution in [1.29, 1.82) is 0 Å². The van der Waals surface area contributed by atoms with Gasteiger partial charge in [0.2, 0.25) is 0 Å². The molecule has 0 amide bonds. The number of fused-ring (bicyclic) bond motifs is 2. The summed E-state index contributed by atoms with van der Waals surface area (Å²) in [5, 5.41) is 3.32. The maximum Gasteiger partial charge on any atom is 0.320 e. The number of halogens is 2. The van der Waals surface area contributed by atoms with Crippen molar-refractivity contribution in [1.82, 2.24) is 9.55 Å². The molecule has 24 heavy (non-hydrogen) atoms. The molecule has 1 atom stereocenters. The Morgan fingerprint density at radius 2 is 2.00 bits per heavy atom. The summed E-state index contributed by atoms with van der Waals surface area (Å²) in [7, 11) is 0. The van der Waals surface area contributed by atoms with E-state index in [9.17, 15) is 8.78 Å². The lowest BCUT2D eigenvalue weighted by Crippen LogP contribution is -2.15. The van der Waals surface area contributed by atoms with Crippen LogP contribution in [0.1, 0.15) is 30.9 Å². The number of nitrogens with zero attached hydrogens (tertiary/aromatic N) is 2. The van der Waals surface area contributed by atoms with Gasteiger partial charge in [0, 0.05) is 17.7 Å². The van der Waals surface area contributed by atoms with E-state index >= 15 is 0 Å². The summed E-state index contributed by atoms with van der Waals surface area (Å²) < 4.78 is 33.7. The number of rotatable bonds is 4. The highest BCUT2D eigenvalue weighted by atomic mass is 19.3. The molecule has 0 saturated carbocycles. The SMILES string of the molecule is CC(Nc1cccc2c1CCO2)c1nc2ccccc2n1C(F)F. The first-order valence-corrected chi connectivity index (χ1v) is 7.91. The Labute approximate surface area is 138 Å². The Hall–Kier alpha value is -2.63. The molecule has 0 aliphatic carbocycles. The van der Waals surface area contributed by atoms with E-state index in [1.165, 1.54) is 0 Å². The van der Waals surface area contributed by atoms with E-state index in [-0.39, 0.29) is 6.04 Å². The van der Waals surface area contributed by atoms with E-state index in [0.717, 1.165) is 28.0 Å². The second-order valence-corrected chi connectivity index (χ2v) is 5.85. The molecular formula is C18H17F2N3O. The van der Waals surface area contributed by atoms with Crippen molar-refractivity contribution in [3.63, 3.8) is 0 Å². The number of hydrogen-bond acceptors (Lipinski definition) is 3. The zero-order valence-corrected chi connectivity index (χ0v) is 13.2. The number of alkyl halides is 2. The quantitative estimate of drug-likeness (QED) is 0.764. The van der Waals surface area contributed by atoms with E-state index < -0.39 is 6.55 Å². The van der Waals surface area contributed by atoms with Crippen molar-refractivity contribution >= 4 is 16.7 Å². The molecule has 3 aromatic rings. The van der Waals surface area contributed by atoms with Gasteiger partial charge < -0.3 is 10.1 Å². The Kier molecular flexibility index (Phi) is 3.59. The third-order valence-electron chi connectivity index (χ3n) is 4.32. The Balaban J connectivity index is 1.73. The Morgan fingerprint density at radius 1 is 1.17 bits per heavy atom. The first kappa shape index (κ1) is 14.9. The largest absolute Gasteiger partial charge is 0.493 e. The molecule has 6 heteroatoms. The van der Waals surface area contributed by atoms with Crippen molar-refractivity contribution in [2.75, 3.05) is 11.9 Å². The zero-order valence-electron chi connectivity index (χ0n) is 13.2. The van der Waals surface area contributed by atoms with Crippen LogP contribution in [-0.2, 0) is 6.42 Å². The first-order chi connectivity index (χ1) is 11.6. The van der Waals surface area contributed by atoms with E-state index in [1.54, 1.807) is 24.3 Å². The van der Waals surface area contributed by atoms with Gasteiger partial charge in [0.15, 0.2) is 0 Å². The van der Waals surface area contributed by atoms with Crippen LogP contribution in [-0.4, -0.2) is 16.2 Å². The highest BCUT2D eigenvalue weighted by Crippen LogP contribution is 2.34. The van der Waals surface area contributed by atoms with Crippen molar-refractivity contribution in [2.45, 2.75) is 25.9 Å². The Bertz CT molecular complexity index is 891. The maximum atomic E-state index is 13.6. The molecule has 4 rings (SSSR count). The second kappa shape index (κ2) is 5.78. The topological polar surface area (TPSA) is 39.1 Å². The van der Waals surface area contributed by atoms with Gasteiger partial charge in [0.1, 0.15) is 11.6 Å². The summed E-state index contributed by atoms with van der Waals surface area (Å²) >= 11 is 0. The van der Waals surface area contributed by atoms with Crippen molar-refractivity contribution < 1.29 is 13.5 Å². The van der Waals surface area contributed by atoms with Gasteiger partial charge in [0.05, 0.1) is 23.7 Å². The summed E-state index contributed by atoms with van der Waals surface area (Å²) in [5.41, 5.74) is 3.01. The minimum atomic E-state index is -2.64. The molecule has 0 fully saturated rings. The maximum absolute atomic E-state index is 13.6. The average molecular weight is 329 g/mol. The van der Waals surface area contributed by atoms with Gasteiger partial charge in [-0.2, -0.15) is 8.78 Å². The number of anilines is 1. The summed E-state index contributed by atoms with van der Waals surface area (Å²) in [6, 6.07) is 12.4. The summed E-state index contributed by atoms with van der Waals surface area (Å²) in [6.07, 6.45) is 0.816. The first-order valence-electron chi connectivity index (χ1n) is 7.91. The highest BCUT2D eigenvalue weighted by molar-refractivity contribution is 5.76. The van der Waals surface area contributed by atoms with Gasteiger partial charge in [-0.25, -0.2) is 4.98 Å². The number of para-hydroxylation sites is 2. The van der Waals surface area contributed by atoms with Crippen LogP contribution in [0.2, 0.25) is 0 Å². The molecule has 2 aromatic carbocycles. The van der Waals surface area contributed by atoms with Crippen LogP contribution in [0, 0.1) is 0 Å². The molecule has 1 aromatic heterocycles. The standard InChI is InChI=1S/C18H17F2N3O/c1-11(21-13-6-4-8-16-12(13)9-10-24-16)17-22-14-5-2-3-7-15(14)23(17)18(19)20/h2-8,11,18,21H,9-10H2,1H3. The van der Waals surface area contributed by atoms with Crippen molar-refractivity contribution in [3.8, 4) is 5.75 Å². The van der Waals surface area contributed by atoms with Crippen LogP contribution in [0.25, 0.3) is 11.0 Å². The van der Waals surface area contributed by atoms with Crippen molar-refractivity contribution in [3.05, 3.63) is 53.9 Å². The third-order valence-corrected chi connectivity index (χ3v) is 4.32. The number of benzene rings is 2. The van der Waals surface area contributed by atoms with Crippen LogP contribution < -0.4 is 10.1 Å². The molecule has 0 saturated heterocycles. The van der Waals surface area contributed by atoms with E-state index in [0.29, 0.717) is 23.5 Å². The molecule has 0 spiro atoms. The molecule has 0 bridgehead atoms. The van der Waals surface area contributed by atoms with Crippen LogP contribution in [0.3, 0.4) is 0 Å². The van der Waals surface area contributed by atoms with Gasteiger partial charge in [-0.1, -0.05) is 18.2 Å². The molecule has 124 valence electrons. The normalized spacial score (nSPS) is 14.7. The smallest absolute Gasteiger partial charge is 0.320 e. The average Bonchev–Trinajstić information content (AvgIpc) is 3.19. The van der Waals surface area contributed by atoms with E-state index in [4.69, 9.17) is 4.74 Å². The molecule has 1 N–H and O–H groups in total. The van der Waals surface area contributed by atoms with Gasteiger partial charge >= 0.3 is 6.55 Å². The Morgan fingerprint density at radius 3 is 2.83 bits per heavy atom. The van der Waals surface area contributed by atoms with Gasteiger partial charge in [-0.3, -0.25) is 4.57 Å². The van der Waals surface area contributed by atoms with Crippen molar-refractivity contribution in [2.24, 2.45) is 0 Å². The molecule has 4 nitrogen and oxygen atoms in total. The zero-order chi connectivity index (χ0) is 16.7. The fourth-order valence-electron chi connectivity index (χ4n) is 3.23.